The summed E-state index contributed by atoms with van der Waals surface area (Å²) < 4.78 is 10.5. The summed E-state index contributed by atoms with van der Waals surface area (Å²) in [5.74, 6) is 1.17. The third-order valence-corrected chi connectivity index (χ3v) is 3.32. The summed E-state index contributed by atoms with van der Waals surface area (Å²) in [6.45, 7) is 1.79. The summed E-state index contributed by atoms with van der Waals surface area (Å²) in [7, 11) is 0. The molecule has 2 saturated heterocycles. The molecule has 0 aromatic carbocycles. The zero-order valence-corrected chi connectivity index (χ0v) is 9.10. The van der Waals surface area contributed by atoms with Crippen molar-refractivity contribution in [3.8, 4) is 0 Å². The Kier molecular flexibility index (Phi) is 2.21. The molecule has 1 amide bonds. The maximum Gasteiger partial charge on any atom is 0.231 e. The number of nitrogens with one attached hydrogen (secondary N) is 1. The molecule has 5 nitrogen and oxygen atoms in total. The molecular weight excluding hydrogens is 208 g/mol. The SMILES string of the molecule is Cc1cc(NC(=O)[C@@H]2C[C@H]3CC[C@@H]2O3)no1. The van der Waals surface area contributed by atoms with Crippen molar-refractivity contribution in [2.75, 3.05) is 5.32 Å². The monoisotopic (exact) mass is 222 g/mol. The van der Waals surface area contributed by atoms with E-state index in [4.69, 9.17) is 9.26 Å². The Bertz CT molecular complexity index is 415. The quantitative estimate of drug-likeness (QED) is 0.823. The number of nitrogens with zero attached hydrogens (tertiary/aromatic N) is 1. The lowest BCUT2D eigenvalue weighted by atomic mass is 9.88. The van der Waals surface area contributed by atoms with E-state index in [1.54, 1.807) is 13.0 Å². The fraction of sp³-hybridized carbons (Fsp3) is 0.636. The summed E-state index contributed by atoms with van der Waals surface area (Å²) in [5, 5.41) is 6.51. The van der Waals surface area contributed by atoms with E-state index in [-0.39, 0.29) is 17.9 Å². The van der Waals surface area contributed by atoms with Crippen molar-refractivity contribution < 1.29 is 14.1 Å². The fourth-order valence-corrected chi connectivity index (χ4v) is 2.56. The predicted molar refractivity (Wildman–Crippen MR) is 55.9 cm³/mol. The first-order chi connectivity index (χ1) is 7.72. The zero-order chi connectivity index (χ0) is 11.1. The van der Waals surface area contributed by atoms with Gasteiger partial charge in [-0.25, -0.2) is 0 Å². The molecule has 16 heavy (non-hydrogen) atoms. The summed E-state index contributed by atoms with van der Waals surface area (Å²) in [6.07, 6.45) is 3.34. The first-order valence-electron chi connectivity index (χ1n) is 5.62. The average molecular weight is 222 g/mol. The normalized spacial score (nSPS) is 31.9. The van der Waals surface area contributed by atoms with Crippen LogP contribution in [0.1, 0.15) is 25.0 Å². The van der Waals surface area contributed by atoms with Crippen LogP contribution in [0.3, 0.4) is 0 Å². The van der Waals surface area contributed by atoms with Crippen LogP contribution in [0.15, 0.2) is 10.6 Å². The molecule has 86 valence electrons. The number of rotatable bonds is 2. The van der Waals surface area contributed by atoms with E-state index in [9.17, 15) is 4.79 Å². The van der Waals surface area contributed by atoms with Crippen molar-refractivity contribution in [1.29, 1.82) is 0 Å². The molecule has 0 spiro atoms. The Morgan fingerprint density at radius 3 is 3.00 bits per heavy atom. The Morgan fingerprint density at radius 2 is 2.44 bits per heavy atom. The van der Waals surface area contributed by atoms with E-state index in [2.05, 4.69) is 10.5 Å². The molecule has 0 aliphatic carbocycles. The predicted octanol–water partition coefficient (Wildman–Crippen LogP) is 1.49. The molecule has 3 heterocycles. The summed E-state index contributed by atoms with van der Waals surface area (Å²) in [4.78, 5) is 11.9. The van der Waals surface area contributed by atoms with Crippen molar-refractivity contribution in [3.05, 3.63) is 11.8 Å². The van der Waals surface area contributed by atoms with E-state index in [0.717, 1.165) is 19.3 Å². The molecule has 2 aliphatic rings. The lowest BCUT2D eigenvalue weighted by Crippen LogP contribution is -2.30. The standard InChI is InChI=1S/C11H14N2O3/c1-6-4-10(13-16-6)12-11(14)8-5-7-2-3-9(8)15-7/h4,7-9H,2-3,5H2,1H3,(H,12,13,14)/t7-,8-,9+/m1/s1. The highest BCUT2D eigenvalue weighted by Crippen LogP contribution is 2.39. The Balaban J connectivity index is 1.65. The number of ether oxygens (including phenoxy) is 1. The highest BCUT2D eigenvalue weighted by Gasteiger charge is 2.44. The smallest absolute Gasteiger partial charge is 0.231 e. The van der Waals surface area contributed by atoms with Crippen LogP contribution in [0, 0.1) is 12.8 Å². The zero-order valence-electron chi connectivity index (χ0n) is 9.10. The molecule has 5 heteroatoms. The second-order valence-electron chi connectivity index (χ2n) is 4.53. The van der Waals surface area contributed by atoms with Crippen LogP contribution in [0.4, 0.5) is 5.82 Å². The van der Waals surface area contributed by atoms with Crippen molar-refractivity contribution >= 4 is 11.7 Å². The van der Waals surface area contributed by atoms with Crippen molar-refractivity contribution in [2.24, 2.45) is 5.92 Å². The van der Waals surface area contributed by atoms with Gasteiger partial charge < -0.3 is 14.6 Å². The molecule has 3 rings (SSSR count). The number of amides is 1. The molecule has 0 saturated carbocycles. The van der Waals surface area contributed by atoms with Crippen LogP contribution in [0.25, 0.3) is 0 Å². The molecule has 2 bridgehead atoms. The molecule has 2 fully saturated rings. The second kappa shape index (κ2) is 3.59. The van der Waals surface area contributed by atoms with Gasteiger partial charge in [0.1, 0.15) is 5.76 Å². The van der Waals surface area contributed by atoms with Crippen molar-refractivity contribution in [3.63, 3.8) is 0 Å². The molecule has 0 unspecified atom stereocenters. The minimum Gasteiger partial charge on any atom is -0.374 e. The van der Waals surface area contributed by atoms with Gasteiger partial charge in [-0.1, -0.05) is 5.16 Å². The number of anilines is 1. The van der Waals surface area contributed by atoms with Crippen molar-refractivity contribution in [2.45, 2.75) is 38.4 Å². The van der Waals surface area contributed by atoms with Crippen LogP contribution in [-0.2, 0) is 9.53 Å². The van der Waals surface area contributed by atoms with E-state index in [1.165, 1.54) is 0 Å². The van der Waals surface area contributed by atoms with Gasteiger partial charge in [-0.05, 0) is 26.2 Å². The number of hydrogen-bond acceptors (Lipinski definition) is 4. The van der Waals surface area contributed by atoms with Crippen LogP contribution < -0.4 is 5.32 Å². The van der Waals surface area contributed by atoms with Gasteiger partial charge in [0.15, 0.2) is 5.82 Å². The summed E-state index contributed by atoms with van der Waals surface area (Å²) in [5.41, 5.74) is 0. The number of aromatic nitrogens is 1. The number of carbonyl (C=O) groups excluding carboxylic acids is 1. The highest BCUT2D eigenvalue weighted by atomic mass is 16.5. The summed E-state index contributed by atoms with van der Waals surface area (Å²) in [6, 6.07) is 1.71. The van der Waals surface area contributed by atoms with Crippen LogP contribution in [0.2, 0.25) is 0 Å². The van der Waals surface area contributed by atoms with Gasteiger partial charge in [0, 0.05) is 6.07 Å². The van der Waals surface area contributed by atoms with E-state index in [1.807, 2.05) is 0 Å². The lowest BCUT2D eigenvalue weighted by molar-refractivity contribution is -0.121. The minimum absolute atomic E-state index is 0.000463. The molecule has 0 radical (unpaired) electrons. The van der Waals surface area contributed by atoms with E-state index >= 15 is 0 Å². The number of aryl methyl sites for hydroxylation is 1. The molecule has 3 atom stereocenters. The largest absolute Gasteiger partial charge is 0.374 e. The molecular formula is C11H14N2O3. The minimum atomic E-state index is -0.0178. The van der Waals surface area contributed by atoms with Gasteiger partial charge in [-0.2, -0.15) is 0 Å². The molecule has 1 aromatic rings. The van der Waals surface area contributed by atoms with Gasteiger partial charge in [0.05, 0.1) is 18.1 Å². The Hall–Kier alpha value is -1.36. The molecule has 1 aromatic heterocycles. The van der Waals surface area contributed by atoms with Crippen LogP contribution >= 0.6 is 0 Å². The molecule has 2 aliphatic heterocycles. The molecule has 1 N–H and O–H groups in total. The fourth-order valence-electron chi connectivity index (χ4n) is 2.56. The third-order valence-electron chi connectivity index (χ3n) is 3.32. The van der Waals surface area contributed by atoms with Gasteiger partial charge in [-0.15, -0.1) is 0 Å². The Labute approximate surface area is 93.1 Å². The summed E-state index contributed by atoms with van der Waals surface area (Å²) >= 11 is 0. The van der Waals surface area contributed by atoms with Gasteiger partial charge in [0.2, 0.25) is 5.91 Å². The van der Waals surface area contributed by atoms with E-state index < -0.39 is 0 Å². The lowest BCUT2D eigenvalue weighted by Gasteiger charge is -2.16. The van der Waals surface area contributed by atoms with Gasteiger partial charge in [0.25, 0.3) is 0 Å². The van der Waals surface area contributed by atoms with Crippen molar-refractivity contribution in [1.82, 2.24) is 5.16 Å². The van der Waals surface area contributed by atoms with Gasteiger partial charge in [-0.3, -0.25) is 4.79 Å². The van der Waals surface area contributed by atoms with E-state index in [0.29, 0.717) is 17.7 Å². The third kappa shape index (κ3) is 1.61. The maximum absolute atomic E-state index is 11.9. The number of fused-ring (bicyclic) bond motifs is 2. The Morgan fingerprint density at radius 1 is 1.56 bits per heavy atom. The maximum atomic E-state index is 11.9. The first kappa shape index (κ1) is 9.84. The average Bonchev–Trinajstić information content (AvgIpc) is 2.93. The number of hydrogen-bond donors (Lipinski definition) is 1. The first-order valence-corrected chi connectivity index (χ1v) is 5.62. The number of carbonyl (C=O) groups is 1. The van der Waals surface area contributed by atoms with Crippen LogP contribution in [0.5, 0.6) is 0 Å². The van der Waals surface area contributed by atoms with Crippen LogP contribution in [-0.4, -0.2) is 23.3 Å². The second-order valence-corrected chi connectivity index (χ2v) is 4.53. The van der Waals surface area contributed by atoms with Gasteiger partial charge >= 0.3 is 0 Å². The topological polar surface area (TPSA) is 64.4 Å². The highest BCUT2D eigenvalue weighted by molar-refractivity contribution is 5.92.